The van der Waals surface area contributed by atoms with E-state index in [1.807, 2.05) is 26.0 Å². The molecule has 0 spiro atoms. The normalized spacial score (nSPS) is 11.2. The van der Waals surface area contributed by atoms with Crippen LogP contribution in [0.25, 0.3) is 0 Å². The van der Waals surface area contributed by atoms with E-state index >= 15 is 0 Å². The van der Waals surface area contributed by atoms with Crippen molar-refractivity contribution in [3.8, 4) is 5.75 Å². The fourth-order valence-electron chi connectivity index (χ4n) is 3.14. The van der Waals surface area contributed by atoms with Gasteiger partial charge in [0, 0.05) is 5.69 Å². The maximum absolute atomic E-state index is 12.6. The predicted molar refractivity (Wildman–Crippen MR) is 129 cm³/mol. The number of carbonyl (C=O) groups excluding carboxylic acids is 1. The van der Waals surface area contributed by atoms with Gasteiger partial charge in [-0.3, -0.25) is 9.10 Å². The fraction of sp³-hybridized carbons (Fsp3) is 0.208. The summed E-state index contributed by atoms with van der Waals surface area (Å²) in [6, 6.07) is 17.4. The third kappa shape index (κ3) is 5.60. The van der Waals surface area contributed by atoms with Crippen molar-refractivity contribution in [2.45, 2.75) is 20.4 Å². The van der Waals surface area contributed by atoms with E-state index < -0.39 is 10.0 Å². The second kappa shape index (κ2) is 9.63. The molecule has 0 saturated carbocycles. The molecule has 1 N–H and O–H groups in total. The Hall–Kier alpha value is -3.03. The molecule has 0 unspecified atom stereocenters. The van der Waals surface area contributed by atoms with Crippen molar-refractivity contribution >= 4 is 38.9 Å². The van der Waals surface area contributed by atoms with Crippen LogP contribution < -0.4 is 14.4 Å². The van der Waals surface area contributed by atoms with Gasteiger partial charge in [-0.15, -0.1) is 0 Å². The molecule has 0 atom stereocenters. The number of aryl methyl sites for hydroxylation is 2. The number of hydrogen-bond acceptors (Lipinski definition) is 4. The van der Waals surface area contributed by atoms with Gasteiger partial charge in [-0.2, -0.15) is 0 Å². The first-order chi connectivity index (χ1) is 15.1. The molecule has 0 radical (unpaired) electrons. The minimum Gasteiger partial charge on any atom is -0.497 e. The van der Waals surface area contributed by atoms with Crippen molar-refractivity contribution in [3.63, 3.8) is 0 Å². The van der Waals surface area contributed by atoms with Gasteiger partial charge < -0.3 is 10.1 Å². The fourth-order valence-corrected chi connectivity index (χ4v) is 4.23. The molecule has 0 saturated heterocycles. The van der Waals surface area contributed by atoms with Crippen LogP contribution in [-0.4, -0.2) is 27.7 Å². The molecule has 32 heavy (non-hydrogen) atoms. The Labute approximate surface area is 193 Å². The van der Waals surface area contributed by atoms with E-state index in [-0.39, 0.29) is 12.5 Å². The smallest absolute Gasteiger partial charge is 0.257 e. The van der Waals surface area contributed by atoms with Gasteiger partial charge in [-0.1, -0.05) is 29.8 Å². The number of ether oxygens (including phenoxy) is 1. The molecule has 3 rings (SSSR count). The topological polar surface area (TPSA) is 75.7 Å². The summed E-state index contributed by atoms with van der Waals surface area (Å²) in [5.74, 6) is 0.164. The first-order valence-electron chi connectivity index (χ1n) is 9.87. The highest BCUT2D eigenvalue weighted by Gasteiger charge is 2.19. The van der Waals surface area contributed by atoms with E-state index in [0.29, 0.717) is 27.7 Å². The standard InChI is InChI=1S/C24H25ClN2O4S/c1-16-5-10-20(13-17(16)2)27(32(4,29)30)15-18-6-8-19(9-7-18)26-24(28)22-14-21(31-3)11-12-23(22)25/h5-14H,15H2,1-4H3,(H,26,28). The highest BCUT2D eigenvalue weighted by atomic mass is 35.5. The van der Waals surface area contributed by atoms with Crippen LogP contribution in [0.4, 0.5) is 11.4 Å². The van der Waals surface area contributed by atoms with Gasteiger partial charge >= 0.3 is 0 Å². The Morgan fingerprint density at radius 3 is 2.28 bits per heavy atom. The lowest BCUT2D eigenvalue weighted by Crippen LogP contribution is -2.29. The number of amides is 1. The summed E-state index contributed by atoms with van der Waals surface area (Å²) in [5.41, 5.74) is 4.37. The number of anilines is 2. The first kappa shape index (κ1) is 23.6. The number of halogens is 1. The second-order valence-electron chi connectivity index (χ2n) is 7.54. The van der Waals surface area contributed by atoms with Crippen LogP contribution in [0.5, 0.6) is 5.75 Å². The second-order valence-corrected chi connectivity index (χ2v) is 9.85. The Balaban J connectivity index is 1.78. The number of rotatable bonds is 7. The number of benzene rings is 3. The molecule has 6 nitrogen and oxygen atoms in total. The molecule has 0 aliphatic rings. The van der Waals surface area contributed by atoms with Gasteiger partial charge in [0.1, 0.15) is 5.75 Å². The van der Waals surface area contributed by atoms with Crippen LogP contribution in [0.15, 0.2) is 60.7 Å². The summed E-state index contributed by atoms with van der Waals surface area (Å²) in [6.07, 6.45) is 1.19. The minimum atomic E-state index is -3.49. The average molecular weight is 473 g/mol. The maximum Gasteiger partial charge on any atom is 0.257 e. The van der Waals surface area contributed by atoms with E-state index in [9.17, 15) is 13.2 Å². The van der Waals surface area contributed by atoms with Crippen molar-refractivity contribution < 1.29 is 17.9 Å². The summed E-state index contributed by atoms with van der Waals surface area (Å²) in [7, 11) is -1.97. The van der Waals surface area contributed by atoms with Gasteiger partial charge in [0.15, 0.2) is 0 Å². The molecule has 8 heteroatoms. The first-order valence-corrected chi connectivity index (χ1v) is 12.1. The van der Waals surface area contributed by atoms with Crippen LogP contribution in [0.1, 0.15) is 27.0 Å². The number of carbonyl (C=O) groups is 1. The molecule has 0 bridgehead atoms. The number of nitrogens with zero attached hydrogens (tertiary/aromatic N) is 1. The van der Waals surface area contributed by atoms with Crippen molar-refractivity contribution in [1.82, 2.24) is 0 Å². The van der Waals surface area contributed by atoms with Gasteiger partial charge in [0.25, 0.3) is 5.91 Å². The number of nitrogens with one attached hydrogen (secondary N) is 1. The zero-order chi connectivity index (χ0) is 23.5. The Morgan fingerprint density at radius 1 is 1.00 bits per heavy atom. The molecule has 3 aromatic carbocycles. The SMILES string of the molecule is COc1ccc(Cl)c(C(=O)Nc2ccc(CN(c3ccc(C)c(C)c3)S(C)(=O)=O)cc2)c1. The lowest BCUT2D eigenvalue weighted by molar-refractivity contribution is 0.102. The largest absolute Gasteiger partial charge is 0.497 e. The average Bonchev–Trinajstić information content (AvgIpc) is 2.74. The number of hydrogen-bond donors (Lipinski definition) is 1. The van der Waals surface area contributed by atoms with Crippen molar-refractivity contribution in [2.75, 3.05) is 23.0 Å². The van der Waals surface area contributed by atoms with E-state index in [0.717, 1.165) is 16.7 Å². The highest BCUT2D eigenvalue weighted by molar-refractivity contribution is 7.92. The monoisotopic (exact) mass is 472 g/mol. The molecular weight excluding hydrogens is 448 g/mol. The quantitative estimate of drug-likeness (QED) is 0.513. The van der Waals surface area contributed by atoms with Crippen LogP contribution in [0, 0.1) is 13.8 Å². The summed E-state index contributed by atoms with van der Waals surface area (Å²) < 4.78 is 31.4. The summed E-state index contributed by atoms with van der Waals surface area (Å²) >= 11 is 6.14. The van der Waals surface area contributed by atoms with Crippen LogP contribution in [0.2, 0.25) is 5.02 Å². The molecule has 3 aromatic rings. The summed E-state index contributed by atoms with van der Waals surface area (Å²) in [6.45, 7) is 4.11. The van der Waals surface area contributed by atoms with Crippen LogP contribution in [-0.2, 0) is 16.6 Å². The van der Waals surface area contributed by atoms with Crippen molar-refractivity contribution in [2.24, 2.45) is 0 Å². The number of methoxy groups -OCH3 is 1. The molecule has 0 fully saturated rings. The maximum atomic E-state index is 12.6. The van der Waals surface area contributed by atoms with Gasteiger partial charge in [-0.25, -0.2) is 8.42 Å². The highest BCUT2D eigenvalue weighted by Crippen LogP contribution is 2.25. The minimum absolute atomic E-state index is 0.178. The molecule has 0 heterocycles. The third-order valence-corrected chi connectivity index (χ3v) is 6.61. The van der Waals surface area contributed by atoms with Crippen molar-refractivity contribution in [1.29, 1.82) is 0 Å². The third-order valence-electron chi connectivity index (χ3n) is 5.13. The molecular formula is C24H25ClN2O4S. The van der Waals surface area contributed by atoms with Gasteiger partial charge in [-0.05, 0) is 73.0 Å². The lowest BCUT2D eigenvalue weighted by Gasteiger charge is -2.23. The Bertz CT molecular complexity index is 1240. The molecule has 1 amide bonds. The number of sulfonamides is 1. The van der Waals surface area contributed by atoms with E-state index in [4.69, 9.17) is 16.3 Å². The molecule has 0 aliphatic carbocycles. The van der Waals surface area contributed by atoms with Gasteiger partial charge in [0.05, 0.1) is 36.2 Å². The molecule has 0 aromatic heterocycles. The summed E-state index contributed by atoms with van der Waals surface area (Å²) in [5, 5.41) is 3.11. The zero-order valence-electron chi connectivity index (χ0n) is 18.3. The predicted octanol–water partition coefficient (Wildman–Crippen LogP) is 5.18. The van der Waals surface area contributed by atoms with E-state index in [1.165, 1.54) is 17.7 Å². The zero-order valence-corrected chi connectivity index (χ0v) is 19.9. The molecule has 168 valence electrons. The van der Waals surface area contributed by atoms with Crippen LogP contribution in [0.3, 0.4) is 0 Å². The molecule has 0 aliphatic heterocycles. The Kier molecular flexibility index (Phi) is 7.11. The van der Waals surface area contributed by atoms with Crippen molar-refractivity contribution in [3.05, 3.63) is 87.9 Å². The van der Waals surface area contributed by atoms with Gasteiger partial charge in [0.2, 0.25) is 10.0 Å². The van der Waals surface area contributed by atoms with E-state index in [1.54, 1.807) is 48.5 Å². The summed E-state index contributed by atoms with van der Waals surface area (Å²) in [4.78, 5) is 12.6. The van der Waals surface area contributed by atoms with Crippen LogP contribution >= 0.6 is 11.6 Å². The lowest BCUT2D eigenvalue weighted by atomic mass is 10.1. The van der Waals surface area contributed by atoms with E-state index in [2.05, 4.69) is 5.32 Å². The Morgan fingerprint density at radius 2 is 1.69 bits per heavy atom.